The first-order valence-electron chi connectivity index (χ1n) is 11.7. The third kappa shape index (κ3) is 6.24. The first-order chi connectivity index (χ1) is 18.0. The van der Waals surface area contributed by atoms with E-state index in [4.69, 9.17) is 0 Å². The molecular weight excluding hydrogens is 472 g/mol. The normalized spacial score (nSPS) is 10.3. The molecule has 2 heterocycles. The summed E-state index contributed by atoms with van der Waals surface area (Å²) in [6.45, 7) is 4.00. The maximum absolute atomic E-state index is 14.6. The van der Waals surface area contributed by atoms with Gasteiger partial charge in [-0.3, -0.25) is 14.8 Å². The fraction of sp³-hybridized carbons (Fsp3) is 0.0690. The minimum atomic E-state index is -0.550. The van der Waals surface area contributed by atoms with Gasteiger partial charge in [-0.1, -0.05) is 19.9 Å². The van der Waals surface area contributed by atoms with Gasteiger partial charge in [-0.25, -0.2) is 8.78 Å². The molecule has 0 saturated carbocycles. The molecule has 1 amide bonds. The molecule has 0 unspecified atom stereocenters. The van der Waals surface area contributed by atoms with Crippen molar-refractivity contribution in [2.24, 2.45) is 0 Å². The van der Waals surface area contributed by atoms with E-state index in [9.17, 15) is 13.6 Å². The highest BCUT2D eigenvalue weighted by molar-refractivity contribution is 6.05. The fourth-order valence-electron chi connectivity index (χ4n) is 3.61. The summed E-state index contributed by atoms with van der Waals surface area (Å²) in [4.78, 5) is 21.1. The molecule has 0 atom stereocenters. The number of anilines is 5. The minimum absolute atomic E-state index is 0.0857. The molecule has 0 aliphatic carbocycles. The van der Waals surface area contributed by atoms with E-state index >= 15 is 0 Å². The molecule has 0 fully saturated rings. The number of nitrogens with one attached hydrogen (secondary N) is 3. The lowest BCUT2D eigenvalue weighted by Gasteiger charge is -2.13. The summed E-state index contributed by atoms with van der Waals surface area (Å²) in [7, 11) is 0. The van der Waals surface area contributed by atoms with Gasteiger partial charge in [0.05, 0.1) is 11.2 Å². The van der Waals surface area contributed by atoms with E-state index in [1.165, 1.54) is 30.3 Å². The number of halogens is 2. The van der Waals surface area contributed by atoms with Gasteiger partial charge in [-0.05, 0) is 72.8 Å². The molecule has 0 radical (unpaired) electrons. The van der Waals surface area contributed by atoms with Crippen molar-refractivity contribution in [1.29, 1.82) is 0 Å². The molecule has 0 saturated heterocycles. The Morgan fingerprint density at radius 1 is 0.730 bits per heavy atom. The first kappa shape index (κ1) is 25.2. The standard InChI is InChI=1S/C27H19F2N5O.C2H6/c28-18-5-7-24-22(15-18)25(10-13-31-24)34-26-14-17(4-6-23(26)29)27(35)33-21-3-1-2-20(16-21)32-19-8-11-30-12-9-19;1-2/h1-16H,(H,30,32)(H,31,34)(H,33,35);1-2H3. The van der Waals surface area contributed by atoms with Crippen LogP contribution >= 0.6 is 0 Å². The number of rotatable bonds is 6. The molecule has 5 aromatic rings. The molecule has 2 aromatic heterocycles. The van der Waals surface area contributed by atoms with Crippen molar-refractivity contribution in [3.63, 3.8) is 0 Å². The largest absolute Gasteiger partial charge is 0.355 e. The smallest absolute Gasteiger partial charge is 0.255 e. The zero-order chi connectivity index (χ0) is 26.2. The number of carbonyl (C=O) groups is 1. The summed E-state index contributed by atoms with van der Waals surface area (Å²) in [5.74, 6) is -1.38. The van der Waals surface area contributed by atoms with E-state index in [0.29, 0.717) is 22.3 Å². The van der Waals surface area contributed by atoms with Crippen molar-refractivity contribution in [2.45, 2.75) is 13.8 Å². The molecular formula is C29H25F2N5O. The molecule has 5 rings (SSSR count). The van der Waals surface area contributed by atoms with Crippen LogP contribution in [0.25, 0.3) is 10.9 Å². The van der Waals surface area contributed by atoms with E-state index < -0.39 is 17.5 Å². The second-order valence-corrected chi connectivity index (χ2v) is 7.74. The monoisotopic (exact) mass is 497 g/mol. The van der Waals surface area contributed by atoms with E-state index in [-0.39, 0.29) is 11.3 Å². The second-order valence-electron chi connectivity index (χ2n) is 7.74. The molecule has 186 valence electrons. The van der Waals surface area contributed by atoms with E-state index in [1.54, 1.807) is 42.9 Å². The van der Waals surface area contributed by atoms with Crippen LogP contribution in [-0.4, -0.2) is 15.9 Å². The molecule has 8 heteroatoms. The van der Waals surface area contributed by atoms with Crippen LogP contribution in [0.5, 0.6) is 0 Å². The molecule has 0 spiro atoms. The number of benzene rings is 3. The van der Waals surface area contributed by atoms with Crippen molar-refractivity contribution < 1.29 is 13.6 Å². The highest BCUT2D eigenvalue weighted by atomic mass is 19.1. The van der Waals surface area contributed by atoms with Crippen molar-refractivity contribution in [3.05, 3.63) is 115 Å². The minimum Gasteiger partial charge on any atom is -0.355 e. The molecule has 3 aromatic carbocycles. The number of carbonyl (C=O) groups excluding carboxylic acids is 1. The number of pyridine rings is 2. The maximum atomic E-state index is 14.6. The second kappa shape index (κ2) is 11.7. The van der Waals surface area contributed by atoms with Crippen molar-refractivity contribution in [3.8, 4) is 0 Å². The SMILES string of the molecule is CC.O=C(Nc1cccc(Nc2ccncc2)c1)c1ccc(F)c(Nc2ccnc3ccc(F)cc23)c1. The van der Waals surface area contributed by atoms with E-state index in [0.717, 1.165) is 11.4 Å². The van der Waals surface area contributed by atoms with Gasteiger partial charge in [0.1, 0.15) is 11.6 Å². The van der Waals surface area contributed by atoms with Crippen LogP contribution in [0.1, 0.15) is 24.2 Å². The van der Waals surface area contributed by atoms with Crippen LogP contribution < -0.4 is 16.0 Å². The molecule has 0 aliphatic heterocycles. The molecule has 3 N–H and O–H groups in total. The Hall–Kier alpha value is -4.85. The van der Waals surface area contributed by atoms with Crippen LogP contribution in [0.2, 0.25) is 0 Å². The van der Waals surface area contributed by atoms with Gasteiger partial charge in [0.25, 0.3) is 5.91 Å². The van der Waals surface area contributed by atoms with Crippen molar-refractivity contribution in [1.82, 2.24) is 9.97 Å². The Morgan fingerprint density at radius 2 is 1.51 bits per heavy atom. The highest BCUT2D eigenvalue weighted by Crippen LogP contribution is 2.28. The van der Waals surface area contributed by atoms with Crippen LogP contribution in [0.3, 0.4) is 0 Å². The Bertz CT molecular complexity index is 1530. The number of hydrogen-bond donors (Lipinski definition) is 3. The Balaban J connectivity index is 0.00000156. The number of fused-ring (bicyclic) bond motifs is 1. The van der Waals surface area contributed by atoms with Crippen LogP contribution in [0, 0.1) is 11.6 Å². The summed E-state index contributed by atoms with van der Waals surface area (Å²) < 4.78 is 28.4. The van der Waals surface area contributed by atoms with Crippen molar-refractivity contribution in [2.75, 3.05) is 16.0 Å². The summed E-state index contributed by atoms with van der Waals surface area (Å²) >= 11 is 0. The third-order valence-corrected chi connectivity index (χ3v) is 5.29. The fourth-order valence-corrected chi connectivity index (χ4v) is 3.61. The zero-order valence-corrected chi connectivity index (χ0v) is 20.3. The zero-order valence-electron chi connectivity index (χ0n) is 20.3. The summed E-state index contributed by atoms with van der Waals surface area (Å²) in [5, 5.41) is 9.53. The summed E-state index contributed by atoms with van der Waals surface area (Å²) in [6, 6.07) is 20.7. The lowest BCUT2D eigenvalue weighted by molar-refractivity contribution is 0.102. The van der Waals surface area contributed by atoms with Gasteiger partial charge in [0.2, 0.25) is 0 Å². The lowest BCUT2D eigenvalue weighted by atomic mass is 10.1. The summed E-state index contributed by atoms with van der Waals surface area (Å²) in [6.07, 6.45) is 4.91. The number of aromatic nitrogens is 2. The number of nitrogens with zero attached hydrogens (tertiary/aromatic N) is 2. The van der Waals surface area contributed by atoms with Crippen LogP contribution in [-0.2, 0) is 0 Å². The average Bonchev–Trinajstić information content (AvgIpc) is 2.92. The number of amides is 1. The quantitative estimate of drug-likeness (QED) is 0.224. The summed E-state index contributed by atoms with van der Waals surface area (Å²) in [5.41, 5.74) is 3.59. The molecule has 37 heavy (non-hydrogen) atoms. The Morgan fingerprint density at radius 3 is 2.32 bits per heavy atom. The Labute approximate surface area is 213 Å². The highest BCUT2D eigenvalue weighted by Gasteiger charge is 2.12. The van der Waals surface area contributed by atoms with Gasteiger partial charge < -0.3 is 16.0 Å². The maximum Gasteiger partial charge on any atom is 0.255 e. The Kier molecular flexibility index (Phi) is 8.00. The van der Waals surface area contributed by atoms with Gasteiger partial charge in [-0.2, -0.15) is 0 Å². The average molecular weight is 498 g/mol. The third-order valence-electron chi connectivity index (χ3n) is 5.29. The molecule has 0 aliphatic rings. The van der Waals surface area contributed by atoms with E-state index in [2.05, 4.69) is 25.9 Å². The molecule has 6 nitrogen and oxygen atoms in total. The van der Waals surface area contributed by atoms with Crippen molar-refractivity contribution >= 4 is 45.2 Å². The van der Waals surface area contributed by atoms with Crippen LogP contribution in [0.4, 0.5) is 37.2 Å². The van der Waals surface area contributed by atoms with E-state index in [1.807, 2.05) is 38.1 Å². The molecule has 0 bridgehead atoms. The number of hydrogen-bond acceptors (Lipinski definition) is 5. The first-order valence-corrected chi connectivity index (χ1v) is 11.7. The van der Waals surface area contributed by atoms with Gasteiger partial charge in [0, 0.05) is 52.3 Å². The van der Waals surface area contributed by atoms with Gasteiger partial charge in [-0.15, -0.1) is 0 Å². The van der Waals surface area contributed by atoms with Gasteiger partial charge in [0.15, 0.2) is 0 Å². The predicted molar refractivity (Wildman–Crippen MR) is 145 cm³/mol. The van der Waals surface area contributed by atoms with Gasteiger partial charge >= 0.3 is 0 Å². The van der Waals surface area contributed by atoms with Crippen LogP contribution in [0.15, 0.2) is 97.5 Å². The predicted octanol–water partition coefficient (Wildman–Crippen LogP) is 7.67. The topological polar surface area (TPSA) is 78.9 Å². The lowest BCUT2D eigenvalue weighted by Crippen LogP contribution is -2.12.